The second-order valence-corrected chi connectivity index (χ2v) is 12.7. The molecule has 2 aliphatic rings. The highest BCUT2D eigenvalue weighted by molar-refractivity contribution is 7.92. The Morgan fingerprint density at radius 2 is 1.98 bits per heavy atom. The minimum atomic E-state index is -1.78. The molecule has 2 aliphatic heterocycles. The number of nitrogens with one attached hydrogen (secondary N) is 2. The lowest BCUT2D eigenvalue weighted by molar-refractivity contribution is -0.150. The predicted octanol–water partition coefficient (Wildman–Crippen LogP) is -2.45. The Kier molecular flexibility index (Phi) is 11.3. The number of hydrogen-bond donors (Lipinski definition) is 3. The molecule has 1 fully saturated rings. The zero-order valence-corrected chi connectivity index (χ0v) is 26.4. The fraction of sp³-hybridized carbons (Fsp3) is 0.455. The highest BCUT2D eigenvalue weighted by Gasteiger charge is 2.61. The summed E-state index contributed by atoms with van der Waals surface area (Å²) in [6.45, 7) is 4.95. The molecule has 1 unspecified atom stereocenters. The van der Waals surface area contributed by atoms with Crippen LogP contribution in [0.3, 0.4) is 0 Å². The van der Waals surface area contributed by atoms with E-state index >= 15 is 0 Å². The maximum Gasteiger partial charge on any atom is 0.413 e. The van der Waals surface area contributed by atoms with E-state index in [0.717, 1.165) is 32.3 Å². The number of carbonyl (C=O) groups is 6. The topological polar surface area (TPSA) is 241 Å². The van der Waals surface area contributed by atoms with Crippen molar-refractivity contribution in [2.45, 2.75) is 50.3 Å². The van der Waals surface area contributed by atoms with Crippen molar-refractivity contribution in [3.8, 4) is 0 Å². The number of β-lactam (4-membered cyclic amide) rings is 1. The number of nitrogens with two attached hydrogens (primary N) is 1. The van der Waals surface area contributed by atoms with Crippen molar-refractivity contribution >= 4 is 96.8 Å². The van der Waals surface area contributed by atoms with E-state index in [9.17, 15) is 33.3 Å². The molecule has 22 heteroatoms. The van der Waals surface area contributed by atoms with Crippen molar-refractivity contribution in [1.29, 1.82) is 0 Å². The lowest BCUT2D eigenvalue weighted by Gasteiger charge is -2.49. The summed E-state index contributed by atoms with van der Waals surface area (Å²) in [6.07, 6.45) is -3.14. The summed E-state index contributed by atoms with van der Waals surface area (Å²) in [7, 11) is 2.13. The summed E-state index contributed by atoms with van der Waals surface area (Å²) in [5.74, 6) is -5.05. The average molecular weight is 673 g/mol. The SMILES string of the molecule is BOC(=O)C1=C(CCl)C[S+]([O-])[C@@H]2[C@H](NC(=O)/C(=N\O[C@@H](CC(N)=O)C(=O)OB)c3csc(NC(=O)OC(C)(C)C)n3)C(=O)N12. The van der Waals surface area contributed by atoms with Gasteiger partial charge in [-0.05, 0) is 31.9 Å². The first-order chi connectivity index (χ1) is 20.6. The zero-order chi connectivity index (χ0) is 32.9. The summed E-state index contributed by atoms with van der Waals surface area (Å²) in [5.41, 5.74) is 3.64. The van der Waals surface area contributed by atoms with Gasteiger partial charge in [-0.3, -0.25) is 24.6 Å². The lowest BCUT2D eigenvalue weighted by atomic mass is 10.0. The number of aromatic nitrogens is 1. The maximum atomic E-state index is 13.5. The van der Waals surface area contributed by atoms with Gasteiger partial charge in [-0.1, -0.05) is 5.16 Å². The molecular formula is C22H27B2ClN6O11S2. The zero-order valence-electron chi connectivity index (χ0n) is 24.0. The lowest BCUT2D eigenvalue weighted by Crippen LogP contribution is -2.75. The van der Waals surface area contributed by atoms with Gasteiger partial charge in [-0.15, -0.1) is 22.9 Å². The first kappa shape index (κ1) is 34.7. The molecule has 0 aromatic carbocycles. The molecule has 0 saturated carbocycles. The summed E-state index contributed by atoms with van der Waals surface area (Å²) in [4.78, 5) is 85.0. The summed E-state index contributed by atoms with van der Waals surface area (Å²) >= 11 is 5.00. The van der Waals surface area contributed by atoms with Gasteiger partial charge in [0, 0.05) is 11.0 Å². The van der Waals surface area contributed by atoms with Crippen LogP contribution < -0.4 is 16.4 Å². The minimum Gasteiger partial charge on any atom is -0.614 e. The number of thiazole rings is 1. The van der Waals surface area contributed by atoms with Crippen molar-refractivity contribution < 1.29 is 52.2 Å². The number of amides is 4. The van der Waals surface area contributed by atoms with Crippen LogP contribution in [0.25, 0.3) is 0 Å². The number of primary amides is 1. The number of hydrogen-bond acceptors (Lipinski definition) is 14. The van der Waals surface area contributed by atoms with Crippen molar-refractivity contribution in [2.75, 3.05) is 16.9 Å². The van der Waals surface area contributed by atoms with Crippen molar-refractivity contribution in [3.63, 3.8) is 0 Å². The molecule has 4 amide bonds. The highest BCUT2D eigenvalue weighted by Crippen LogP contribution is 2.37. The van der Waals surface area contributed by atoms with Crippen LogP contribution >= 0.6 is 22.9 Å². The van der Waals surface area contributed by atoms with Gasteiger partial charge in [0.2, 0.25) is 17.4 Å². The first-order valence-corrected chi connectivity index (χ1v) is 15.3. The molecule has 44 heavy (non-hydrogen) atoms. The number of nitrogens with zero attached hydrogens (tertiary/aromatic N) is 3. The van der Waals surface area contributed by atoms with E-state index in [-0.39, 0.29) is 33.7 Å². The normalized spacial score (nSPS) is 20.5. The fourth-order valence-electron chi connectivity index (χ4n) is 3.88. The number of carbonyl (C=O) groups excluding carboxylic acids is 6. The number of halogens is 1. The van der Waals surface area contributed by atoms with Gasteiger partial charge >= 0.3 is 34.1 Å². The quantitative estimate of drug-likeness (QED) is 0.0554. The van der Waals surface area contributed by atoms with E-state index in [1.807, 2.05) is 0 Å². The van der Waals surface area contributed by atoms with Gasteiger partial charge in [-0.25, -0.2) is 19.4 Å². The van der Waals surface area contributed by atoms with Crippen LogP contribution in [0.1, 0.15) is 32.9 Å². The second kappa shape index (κ2) is 14.3. The Morgan fingerprint density at radius 3 is 2.55 bits per heavy atom. The van der Waals surface area contributed by atoms with Gasteiger partial charge in [0.05, 0.1) is 12.3 Å². The smallest absolute Gasteiger partial charge is 0.413 e. The molecule has 17 nitrogen and oxygen atoms in total. The molecule has 4 atom stereocenters. The molecule has 0 bridgehead atoms. The third kappa shape index (κ3) is 8.01. The highest BCUT2D eigenvalue weighted by atomic mass is 35.5. The fourth-order valence-corrected chi connectivity index (χ4v) is 6.58. The van der Waals surface area contributed by atoms with Crippen LogP contribution in [0, 0.1) is 0 Å². The average Bonchev–Trinajstić information content (AvgIpc) is 3.40. The van der Waals surface area contributed by atoms with Crippen LogP contribution in [0.15, 0.2) is 21.8 Å². The van der Waals surface area contributed by atoms with Gasteiger partial charge in [0.1, 0.15) is 22.7 Å². The molecule has 0 radical (unpaired) electrons. The van der Waals surface area contributed by atoms with Crippen LogP contribution in [0.5, 0.6) is 0 Å². The van der Waals surface area contributed by atoms with E-state index in [1.165, 1.54) is 5.38 Å². The number of fused-ring (bicyclic) bond motifs is 1. The summed E-state index contributed by atoms with van der Waals surface area (Å²) in [5, 5.41) is 8.64. The Hall–Kier alpha value is -3.81. The van der Waals surface area contributed by atoms with Crippen LogP contribution in [-0.4, -0.2) is 107 Å². The maximum absolute atomic E-state index is 13.5. The van der Waals surface area contributed by atoms with E-state index < -0.39 is 82.2 Å². The number of oxime groups is 1. The third-order valence-corrected chi connectivity index (χ3v) is 8.46. The van der Waals surface area contributed by atoms with Gasteiger partial charge < -0.3 is 34.5 Å². The predicted molar refractivity (Wildman–Crippen MR) is 160 cm³/mol. The Morgan fingerprint density at radius 1 is 1.30 bits per heavy atom. The van der Waals surface area contributed by atoms with E-state index in [0.29, 0.717) is 0 Å². The number of anilines is 1. The Balaban J connectivity index is 1.92. The van der Waals surface area contributed by atoms with Crippen LogP contribution in [-0.2, 0) is 54.0 Å². The molecular weight excluding hydrogens is 645 g/mol. The molecule has 3 heterocycles. The first-order valence-electron chi connectivity index (χ1n) is 12.5. The second-order valence-electron chi connectivity index (χ2n) is 10.0. The third-order valence-electron chi connectivity index (χ3n) is 5.72. The Labute approximate surface area is 264 Å². The van der Waals surface area contributed by atoms with E-state index in [4.69, 9.17) is 31.6 Å². The van der Waals surface area contributed by atoms with E-state index in [1.54, 1.807) is 20.8 Å². The molecule has 1 saturated heterocycles. The van der Waals surface area contributed by atoms with Crippen molar-refractivity contribution in [1.82, 2.24) is 15.2 Å². The van der Waals surface area contributed by atoms with Crippen LogP contribution in [0.2, 0.25) is 0 Å². The van der Waals surface area contributed by atoms with Gasteiger partial charge in [0.25, 0.3) is 11.8 Å². The summed E-state index contributed by atoms with van der Waals surface area (Å²) < 4.78 is 27.5. The van der Waals surface area contributed by atoms with Gasteiger partial charge in [0.15, 0.2) is 16.9 Å². The molecule has 3 rings (SSSR count). The van der Waals surface area contributed by atoms with Gasteiger partial charge in [-0.2, -0.15) is 0 Å². The number of ether oxygens (including phenoxy) is 1. The molecule has 1 aromatic rings. The largest absolute Gasteiger partial charge is 0.614 e. The van der Waals surface area contributed by atoms with Crippen molar-refractivity contribution in [2.24, 2.45) is 10.9 Å². The van der Waals surface area contributed by atoms with Crippen molar-refractivity contribution in [3.05, 3.63) is 22.3 Å². The molecule has 236 valence electrons. The summed E-state index contributed by atoms with van der Waals surface area (Å²) in [6, 6.07) is -1.38. The standard InChI is InChI=1S/C22H27B2ClN6O11S2/c1-22(2,3)39-21(37)29-20-27-9(6-43-20)12(30-42-10(4-11(26)32)18(35)40-23)15(33)28-13-16(34)31-14(19(36)41-24)8(5-25)7-44(38)17(13)31/h6,10,13,17H,4-5,7,23-24H2,1-3H3,(H2,26,32)(H,28,33)(H,27,29,37)/b30-12-/t10-,13+,17+,44?/m0/s1. The van der Waals surface area contributed by atoms with Crippen LogP contribution in [0.4, 0.5) is 9.93 Å². The number of alkyl halides is 1. The van der Waals surface area contributed by atoms with E-state index in [2.05, 4.69) is 25.4 Å². The Bertz CT molecular complexity index is 1420. The molecule has 0 spiro atoms. The minimum absolute atomic E-state index is 0.0165. The monoisotopic (exact) mass is 672 g/mol. The molecule has 0 aliphatic carbocycles. The molecule has 1 aromatic heterocycles. The number of rotatable bonds is 11. The molecule has 4 N–H and O–H groups in total.